The summed E-state index contributed by atoms with van der Waals surface area (Å²) < 4.78 is 25.4. The van der Waals surface area contributed by atoms with Crippen LogP contribution >= 0.6 is 0 Å². The molecule has 0 fully saturated rings. The first-order valence-corrected chi connectivity index (χ1v) is 6.99. The van der Waals surface area contributed by atoms with Crippen molar-refractivity contribution >= 4 is 15.9 Å². The summed E-state index contributed by atoms with van der Waals surface area (Å²) in [5, 5.41) is 17.7. The summed E-state index contributed by atoms with van der Waals surface area (Å²) in [6.45, 7) is -1.00. The lowest BCUT2D eigenvalue weighted by Crippen LogP contribution is -2.36. The van der Waals surface area contributed by atoms with E-state index in [1.165, 1.54) is 24.3 Å². The van der Waals surface area contributed by atoms with Crippen LogP contribution in [-0.2, 0) is 10.0 Å². The predicted molar refractivity (Wildman–Crippen MR) is 67.9 cm³/mol. The monoisotopic (exact) mass is 288 g/mol. The summed E-state index contributed by atoms with van der Waals surface area (Å²) in [4.78, 5) is 10.9. The van der Waals surface area contributed by atoms with Gasteiger partial charge in [0.05, 0.1) is 18.1 Å². The van der Waals surface area contributed by atoms with Crippen LogP contribution in [0.15, 0.2) is 29.2 Å². The third-order valence-electron chi connectivity index (χ3n) is 2.46. The van der Waals surface area contributed by atoms with Crippen LogP contribution in [-0.4, -0.2) is 55.1 Å². The third kappa shape index (κ3) is 3.74. The fraction of sp³-hybridized carbons (Fsp3) is 0.364. The lowest BCUT2D eigenvalue weighted by Gasteiger charge is -2.20. The molecule has 19 heavy (non-hydrogen) atoms. The minimum Gasteiger partial charge on any atom is -0.395 e. The summed E-state index contributed by atoms with van der Waals surface area (Å²) in [6.07, 6.45) is 0. The maximum atomic E-state index is 12.2. The SMILES string of the molecule is NC(=O)c1cccc(S(=O)(=O)N(CCO)CCO)c1. The molecule has 1 aromatic rings. The second-order valence-corrected chi connectivity index (χ2v) is 5.68. The van der Waals surface area contributed by atoms with Crippen molar-refractivity contribution in [1.82, 2.24) is 4.31 Å². The number of amides is 1. The van der Waals surface area contributed by atoms with Crippen molar-refractivity contribution in [2.75, 3.05) is 26.3 Å². The van der Waals surface area contributed by atoms with Gasteiger partial charge in [-0.05, 0) is 18.2 Å². The first-order valence-electron chi connectivity index (χ1n) is 5.55. The van der Waals surface area contributed by atoms with E-state index in [4.69, 9.17) is 15.9 Å². The normalized spacial score (nSPS) is 11.7. The molecule has 0 saturated carbocycles. The van der Waals surface area contributed by atoms with Crippen molar-refractivity contribution in [3.05, 3.63) is 29.8 Å². The van der Waals surface area contributed by atoms with E-state index in [1.807, 2.05) is 0 Å². The fourth-order valence-electron chi connectivity index (χ4n) is 1.53. The molecule has 4 N–H and O–H groups in total. The number of aliphatic hydroxyl groups excluding tert-OH is 2. The van der Waals surface area contributed by atoms with Gasteiger partial charge in [0.1, 0.15) is 0 Å². The Hall–Kier alpha value is -1.48. The molecule has 0 aliphatic carbocycles. The van der Waals surface area contributed by atoms with E-state index in [9.17, 15) is 13.2 Å². The Bertz CT molecular complexity index is 538. The molecule has 0 saturated heterocycles. The second-order valence-electron chi connectivity index (χ2n) is 3.74. The van der Waals surface area contributed by atoms with Crippen molar-refractivity contribution in [3.8, 4) is 0 Å². The van der Waals surface area contributed by atoms with Crippen molar-refractivity contribution in [3.63, 3.8) is 0 Å². The maximum absolute atomic E-state index is 12.2. The molecule has 106 valence electrons. The topological polar surface area (TPSA) is 121 Å². The number of primary amides is 1. The first kappa shape index (κ1) is 15.6. The van der Waals surface area contributed by atoms with E-state index in [2.05, 4.69) is 0 Å². The van der Waals surface area contributed by atoms with Gasteiger partial charge in [-0.25, -0.2) is 8.42 Å². The van der Waals surface area contributed by atoms with Crippen molar-refractivity contribution < 1.29 is 23.4 Å². The molecule has 0 bridgehead atoms. The Morgan fingerprint density at radius 2 is 1.79 bits per heavy atom. The van der Waals surface area contributed by atoms with Crippen LogP contribution in [0.1, 0.15) is 10.4 Å². The maximum Gasteiger partial charge on any atom is 0.248 e. The number of nitrogens with two attached hydrogens (primary N) is 1. The number of hydrogen-bond acceptors (Lipinski definition) is 5. The predicted octanol–water partition coefficient (Wildman–Crippen LogP) is -1.24. The van der Waals surface area contributed by atoms with Crippen LogP contribution in [0, 0.1) is 0 Å². The smallest absolute Gasteiger partial charge is 0.248 e. The summed E-state index contributed by atoms with van der Waals surface area (Å²) in [5.74, 6) is -0.729. The molecule has 1 amide bonds. The Morgan fingerprint density at radius 3 is 2.26 bits per heavy atom. The third-order valence-corrected chi connectivity index (χ3v) is 4.35. The lowest BCUT2D eigenvalue weighted by atomic mass is 10.2. The van der Waals surface area contributed by atoms with Gasteiger partial charge in [0, 0.05) is 18.7 Å². The highest BCUT2D eigenvalue weighted by molar-refractivity contribution is 7.89. The molecule has 8 heteroatoms. The Labute approximate surface area is 111 Å². The summed E-state index contributed by atoms with van der Waals surface area (Å²) >= 11 is 0. The number of benzene rings is 1. The van der Waals surface area contributed by atoms with Gasteiger partial charge in [0.15, 0.2) is 0 Å². The summed E-state index contributed by atoms with van der Waals surface area (Å²) in [6, 6.07) is 5.30. The number of sulfonamides is 1. The average Bonchev–Trinajstić information content (AvgIpc) is 2.38. The highest BCUT2D eigenvalue weighted by atomic mass is 32.2. The standard InChI is InChI=1S/C11H16N2O5S/c12-11(16)9-2-1-3-10(8-9)19(17,18)13(4-6-14)5-7-15/h1-3,8,14-15H,4-7H2,(H2,12,16). The molecule has 0 aliphatic rings. The first-order chi connectivity index (χ1) is 8.93. The molecule has 0 unspecified atom stereocenters. The number of aliphatic hydroxyl groups is 2. The molecule has 0 atom stereocenters. The fourth-order valence-corrected chi connectivity index (χ4v) is 3.00. The second kappa shape index (κ2) is 6.62. The molecule has 0 aromatic heterocycles. The number of rotatable bonds is 7. The van der Waals surface area contributed by atoms with Crippen LogP contribution in [0.2, 0.25) is 0 Å². The van der Waals surface area contributed by atoms with Crippen LogP contribution in [0.3, 0.4) is 0 Å². The number of carbonyl (C=O) groups excluding carboxylic acids is 1. The van der Waals surface area contributed by atoms with Gasteiger partial charge in [-0.3, -0.25) is 4.79 Å². The lowest BCUT2D eigenvalue weighted by molar-refractivity contribution is 0.1000. The summed E-state index contributed by atoms with van der Waals surface area (Å²) in [5.41, 5.74) is 5.17. The molecule has 0 radical (unpaired) electrons. The van der Waals surface area contributed by atoms with E-state index in [0.29, 0.717) is 0 Å². The number of nitrogens with zero attached hydrogens (tertiary/aromatic N) is 1. The van der Waals surface area contributed by atoms with Crippen molar-refractivity contribution in [2.24, 2.45) is 5.73 Å². The van der Waals surface area contributed by atoms with Crippen LogP contribution in [0.4, 0.5) is 0 Å². The van der Waals surface area contributed by atoms with Crippen LogP contribution in [0.5, 0.6) is 0 Å². The molecule has 0 aliphatic heterocycles. The molecular formula is C11H16N2O5S. The molecule has 7 nitrogen and oxygen atoms in total. The molecular weight excluding hydrogens is 272 g/mol. The van der Waals surface area contributed by atoms with Gasteiger partial charge in [0.25, 0.3) is 0 Å². The highest BCUT2D eigenvalue weighted by Gasteiger charge is 2.24. The van der Waals surface area contributed by atoms with Gasteiger partial charge in [0.2, 0.25) is 15.9 Å². The number of hydrogen-bond donors (Lipinski definition) is 3. The van der Waals surface area contributed by atoms with Crippen LogP contribution in [0.25, 0.3) is 0 Å². The molecule has 0 spiro atoms. The zero-order valence-electron chi connectivity index (χ0n) is 10.2. The van der Waals surface area contributed by atoms with Gasteiger partial charge in [-0.15, -0.1) is 0 Å². The van der Waals surface area contributed by atoms with Crippen molar-refractivity contribution in [2.45, 2.75) is 4.90 Å². The van der Waals surface area contributed by atoms with Crippen LogP contribution < -0.4 is 5.73 Å². The quantitative estimate of drug-likeness (QED) is 0.579. The zero-order valence-corrected chi connectivity index (χ0v) is 11.0. The van der Waals surface area contributed by atoms with Gasteiger partial charge < -0.3 is 15.9 Å². The average molecular weight is 288 g/mol. The highest BCUT2D eigenvalue weighted by Crippen LogP contribution is 2.16. The van der Waals surface area contributed by atoms with E-state index in [-0.39, 0.29) is 36.8 Å². The Balaban J connectivity index is 3.17. The van der Waals surface area contributed by atoms with E-state index >= 15 is 0 Å². The van der Waals surface area contributed by atoms with Crippen molar-refractivity contribution in [1.29, 1.82) is 0 Å². The van der Waals surface area contributed by atoms with E-state index in [1.54, 1.807) is 0 Å². The Morgan fingerprint density at radius 1 is 1.21 bits per heavy atom. The molecule has 0 heterocycles. The van der Waals surface area contributed by atoms with E-state index < -0.39 is 15.9 Å². The van der Waals surface area contributed by atoms with Gasteiger partial charge in [-0.2, -0.15) is 4.31 Å². The minimum atomic E-state index is -3.88. The summed E-state index contributed by atoms with van der Waals surface area (Å²) in [7, 11) is -3.88. The largest absolute Gasteiger partial charge is 0.395 e. The van der Waals surface area contributed by atoms with Gasteiger partial charge >= 0.3 is 0 Å². The zero-order chi connectivity index (χ0) is 14.5. The minimum absolute atomic E-state index is 0.0778. The van der Waals surface area contributed by atoms with Gasteiger partial charge in [-0.1, -0.05) is 6.07 Å². The Kier molecular flexibility index (Phi) is 5.43. The molecule has 1 aromatic carbocycles. The molecule has 1 rings (SSSR count). The number of carbonyl (C=O) groups is 1. The van der Waals surface area contributed by atoms with E-state index in [0.717, 1.165) is 4.31 Å².